The number of carbonyl (C=O) groups excluding carboxylic acids is 1. The smallest absolute Gasteiger partial charge is 0.334 e. The van der Waals surface area contributed by atoms with Crippen molar-refractivity contribution in [1.82, 2.24) is 10.3 Å². The van der Waals surface area contributed by atoms with Gasteiger partial charge >= 0.3 is 11.7 Å². The number of nitrogens with one attached hydrogen (secondary N) is 1. The van der Waals surface area contributed by atoms with Gasteiger partial charge in [-0.2, -0.15) is 0 Å². The highest BCUT2D eigenvalue weighted by molar-refractivity contribution is 6.32. The number of hydrogen-bond donors (Lipinski definition) is 2. The van der Waals surface area contributed by atoms with Crippen molar-refractivity contribution >= 4 is 29.2 Å². The summed E-state index contributed by atoms with van der Waals surface area (Å²) in [4.78, 5) is 36.0. The van der Waals surface area contributed by atoms with Gasteiger partial charge in [-0.3, -0.25) is 14.9 Å². The largest absolute Gasteiger partial charge is 0.479 e. The molecule has 0 bridgehead atoms. The number of halogens is 1. The molecule has 1 aromatic heterocycles. The third-order valence-electron chi connectivity index (χ3n) is 2.31. The Bertz CT molecular complexity index is 550. The zero-order chi connectivity index (χ0) is 15.3. The van der Waals surface area contributed by atoms with Crippen LogP contribution in [0.4, 0.5) is 5.69 Å². The average molecular weight is 304 g/mol. The van der Waals surface area contributed by atoms with Crippen molar-refractivity contribution in [3.8, 4) is 0 Å². The standard InChI is InChI=1S/C10H10ClN3O6/c1-20-6(10(16)17)4-13-9(15)5-2-3-12-8(11)7(5)14(18)19/h2-3,6H,4H2,1H3,(H,13,15)(H,16,17). The number of rotatable bonds is 6. The summed E-state index contributed by atoms with van der Waals surface area (Å²) in [5.74, 6) is -2.11. The van der Waals surface area contributed by atoms with Gasteiger partial charge in [0, 0.05) is 13.3 Å². The van der Waals surface area contributed by atoms with Crippen LogP contribution in [0.2, 0.25) is 5.15 Å². The maximum absolute atomic E-state index is 11.8. The van der Waals surface area contributed by atoms with Gasteiger partial charge in [0.15, 0.2) is 6.10 Å². The quantitative estimate of drug-likeness (QED) is 0.443. The number of aromatic nitrogens is 1. The molecule has 1 aromatic rings. The molecule has 108 valence electrons. The Hall–Kier alpha value is -2.26. The van der Waals surface area contributed by atoms with E-state index >= 15 is 0 Å². The predicted molar refractivity (Wildman–Crippen MR) is 66.7 cm³/mol. The molecule has 1 amide bonds. The van der Waals surface area contributed by atoms with Gasteiger partial charge in [-0.05, 0) is 6.07 Å². The summed E-state index contributed by atoms with van der Waals surface area (Å²) in [6, 6.07) is 1.11. The van der Waals surface area contributed by atoms with E-state index in [9.17, 15) is 19.7 Å². The Balaban J connectivity index is 2.91. The summed E-state index contributed by atoms with van der Waals surface area (Å²) in [6.07, 6.45) is -0.120. The number of aliphatic carboxylic acids is 1. The summed E-state index contributed by atoms with van der Waals surface area (Å²) in [7, 11) is 1.16. The van der Waals surface area contributed by atoms with Crippen LogP contribution in [-0.4, -0.2) is 46.6 Å². The van der Waals surface area contributed by atoms with Crippen molar-refractivity contribution in [2.24, 2.45) is 0 Å². The van der Waals surface area contributed by atoms with Crippen molar-refractivity contribution in [2.45, 2.75) is 6.10 Å². The second kappa shape index (κ2) is 6.78. The van der Waals surface area contributed by atoms with Gasteiger partial charge in [0.25, 0.3) is 5.91 Å². The molecule has 0 aromatic carbocycles. The van der Waals surface area contributed by atoms with Gasteiger partial charge in [0.1, 0.15) is 5.56 Å². The number of nitrogens with zero attached hydrogens (tertiary/aromatic N) is 2. The first-order chi connectivity index (χ1) is 9.38. The highest BCUT2D eigenvalue weighted by Gasteiger charge is 2.26. The fourth-order valence-electron chi connectivity index (χ4n) is 1.34. The van der Waals surface area contributed by atoms with Crippen LogP contribution in [0.1, 0.15) is 10.4 Å². The van der Waals surface area contributed by atoms with E-state index in [0.29, 0.717) is 0 Å². The van der Waals surface area contributed by atoms with Crippen LogP contribution in [0.25, 0.3) is 0 Å². The molecule has 10 heteroatoms. The Morgan fingerprint density at radius 2 is 2.30 bits per heavy atom. The Kier molecular flexibility index (Phi) is 5.35. The van der Waals surface area contributed by atoms with Crippen LogP contribution in [0.3, 0.4) is 0 Å². The molecule has 0 aliphatic carbocycles. The van der Waals surface area contributed by atoms with Crippen molar-refractivity contribution in [3.05, 3.63) is 33.1 Å². The minimum absolute atomic E-state index is 0.310. The molecule has 1 rings (SSSR count). The van der Waals surface area contributed by atoms with Gasteiger partial charge in [0.2, 0.25) is 5.15 Å². The predicted octanol–water partition coefficient (Wildman–Crippen LogP) is 0.473. The first-order valence-electron chi connectivity index (χ1n) is 5.21. The summed E-state index contributed by atoms with van der Waals surface area (Å²) >= 11 is 5.56. The molecule has 1 heterocycles. The molecule has 0 saturated heterocycles. The molecule has 0 aliphatic heterocycles. The topological polar surface area (TPSA) is 132 Å². The second-order valence-electron chi connectivity index (χ2n) is 3.53. The zero-order valence-electron chi connectivity index (χ0n) is 10.2. The van der Waals surface area contributed by atoms with E-state index in [0.717, 1.165) is 19.4 Å². The number of hydrogen-bond acceptors (Lipinski definition) is 6. The molecule has 0 radical (unpaired) electrons. The normalized spacial score (nSPS) is 11.7. The van der Waals surface area contributed by atoms with E-state index in [1.165, 1.54) is 0 Å². The first-order valence-corrected chi connectivity index (χ1v) is 5.59. The minimum atomic E-state index is -1.27. The second-order valence-corrected chi connectivity index (χ2v) is 3.89. The number of ether oxygens (including phenoxy) is 1. The summed E-state index contributed by atoms with van der Waals surface area (Å²) in [5.41, 5.74) is -0.953. The number of amides is 1. The lowest BCUT2D eigenvalue weighted by atomic mass is 10.2. The zero-order valence-corrected chi connectivity index (χ0v) is 11.0. The molecule has 0 aliphatic rings. The Morgan fingerprint density at radius 3 is 2.80 bits per heavy atom. The lowest BCUT2D eigenvalue weighted by Crippen LogP contribution is -2.38. The molecule has 1 unspecified atom stereocenters. The van der Waals surface area contributed by atoms with E-state index in [2.05, 4.69) is 15.0 Å². The summed E-state index contributed by atoms with van der Waals surface area (Å²) in [5, 5.41) is 21.4. The number of nitro groups is 1. The van der Waals surface area contributed by atoms with Crippen LogP contribution in [0.15, 0.2) is 12.3 Å². The molecule has 0 spiro atoms. The summed E-state index contributed by atoms with van der Waals surface area (Å²) < 4.78 is 4.61. The van der Waals surface area contributed by atoms with E-state index in [4.69, 9.17) is 16.7 Å². The van der Waals surface area contributed by atoms with Gasteiger partial charge in [-0.15, -0.1) is 0 Å². The highest BCUT2D eigenvalue weighted by Crippen LogP contribution is 2.25. The maximum atomic E-state index is 11.8. The van der Waals surface area contributed by atoms with Crippen LogP contribution >= 0.6 is 11.6 Å². The lowest BCUT2D eigenvalue weighted by Gasteiger charge is -2.11. The van der Waals surface area contributed by atoms with E-state index in [1.54, 1.807) is 0 Å². The van der Waals surface area contributed by atoms with Gasteiger partial charge in [-0.1, -0.05) is 11.6 Å². The third-order valence-corrected chi connectivity index (χ3v) is 2.59. The van der Waals surface area contributed by atoms with Gasteiger partial charge < -0.3 is 15.2 Å². The first kappa shape index (κ1) is 15.8. The molecule has 0 fully saturated rings. The van der Waals surface area contributed by atoms with Crippen molar-refractivity contribution < 1.29 is 24.4 Å². The van der Waals surface area contributed by atoms with Crippen LogP contribution in [0, 0.1) is 10.1 Å². The molecule has 0 saturated carbocycles. The fourth-order valence-corrected chi connectivity index (χ4v) is 1.56. The van der Waals surface area contributed by atoms with E-state index < -0.39 is 33.7 Å². The molecule has 9 nitrogen and oxygen atoms in total. The van der Waals surface area contributed by atoms with Crippen LogP contribution < -0.4 is 5.32 Å². The SMILES string of the molecule is COC(CNC(=O)c1ccnc(Cl)c1[N+](=O)[O-])C(=O)O. The maximum Gasteiger partial charge on any atom is 0.334 e. The van der Waals surface area contributed by atoms with Crippen molar-refractivity contribution in [2.75, 3.05) is 13.7 Å². The summed E-state index contributed by atoms with van der Waals surface area (Å²) in [6.45, 7) is -0.345. The Morgan fingerprint density at radius 1 is 1.65 bits per heavy atom. The van der Waals surface area contributed by atoms with Crippen molar-refractivity contribution in [1.29, 1.82) is 0 Å². The van der Waals surface area contributed by atoms with Crippen LogP contribution in [-0.2, 0) is 9.53 Å². The molecular weight excluding hydrogens is 294 g/mol. The lowest BCUT2D eigenvalue weighted by molar-refractivity contribution is -0.385. The Labute approximate surface area is 117 Å². The van der Waals surface area contributed by atoms with Crippen LogP contribution in [0.5, 0.6) is 0 Å². The number of carboxylic acid groups (broad SMARTS) is 1. The molecule has 2 N–H and O–H groups in total. The third kappa shape index (κ3) is 3.62. The number of pyridine rings is 1. The number of carbonyl (C=O) groups is 2. The monoisotopic (exact) mass is 303 g/mol. The molecular formula is C10H10ClN3O6. The number of carboxylic acids is 1. The van der Waals surface area contributed by atoms with Gasteiger partial charge in [-0.25, -0.2) is 9.78 Å². The minimum Gasteiger partial charge on any atom is -0.479 e. The highest BCUT2D eigenvalue weighted by atomic mass is 35.5. The van der Waals surface area contributed by atoms with Gasteiger partial charge in [0.05, 0.1) is 11.5 Å². The van der Waals surface area contributed by atoms with E-state index in [-0.39, 0.29) is 12.1 Å². The number of methoxy groups -OCH3 is 1. The average Bonchev–Trinajstić information content (AvgIpc) is 2.37. The fraction of sp³-hybridized carbons (Fsp3) is 0.300. The van der Waals surface area contributed by atoms with Crippen molar-refractivity contribution in [3.63, 3.8) is 0 Å². The molecule has 1 atom stereocenters. The molecule has 20 heavy (non-hydrogen) atoms. The van der Waals surface area contributed by atoms with E-state index in [1.807, 2.05) is 0 Å².